The molecule has 1 nitrogen and oxygen atoms in total. The number of carbonyl (C=O) groups excluding carboxylic acids is 1. The number of hydrogen-bond acceptors (Lipinski definition) is 1. The van der Waals surface area contributed by atoms with Crippen molar-refractivity contribution in [2.75, 3.05) is 0 Å². The molecule has 2 aliphatic carbocycles. The van der Waals surface area contributed by atoms with Gasteiger partial charge in [0, 0.05) is 12.8 Å². The van der Waals surface area contributed by atoms with E-state index in [1.807, 2.05) is 0 Å². The van der Waals surface area contributed by atoms with Crippen LogP contribution in [-0.4, -0.2) is 5.78 Å². The smallest absolute Gasteiger partial charge is 0.133 e. The highest BCUT2D eigenvalue weighted by atomic mass is 16.1. The third-order valence-corrected chi connectivity index (χ3v) is 4.29. The standard InChI is InChI=1S/C13H20O/c1-3-11-5-4-7-13(10(11)2)8-6-12(14)9-13/h11H,2-9H2,1H3. The molecule has 2 saturated carbocycles. The minimum atomic E-state index is 0.232. The van der Waals surface area contributed by atoms with Crippen LogP contribution in [0.2, 0.25) is 0 Å². The fraction of sp³-hybridized carbons (Fsp3) is 0.769. The average molecular weight is 192 g/mol. The summed E-state index contributed by atoms with van der Waals surface area (Å²) in [5, 5.41) is 0. The molecule has 0 aliphatic heterocycles. The molecule has 0 aromatic rings. The number of allylic oxidation sites excluding steroid dienone is 1. The number of carbonyl (C=O) groups is 1. The summed E-state index contributed by atoms with van der Waals surface area (Å²) >= 11 is 0. The fourth-order valence-electron chi connectivity index (χ4n) is 3.33. The van der Waals surface area contributed by atoms with Crippen LogP contribution in [0.5, 0.6) is 0 Å². The van der Waals surface area contributed by atoms with Crippen molar-refractivity contribution in [2.45, 2.75) is 51.9 Å². The van der Waals surface area contributed by atoms with Gasteiger partial charge in [0.15, 0.2) is 0 Å². The molecule has 2 unspecified atom stereocenters. The van der Waals surface area contributed by atoms with Crippen LogP contribution in [0.3, 0.4) is 0 Å². The summed E-state index contributed by atoms with van der Waals surface area (Å²) in [4.78, 5) is 11.4. The Balaban J connectivity index is 2.18. The van der Waals surface area contributed by atoms with Gasteiger partial charge in [0.05, 0.1) is 0 Å². The zero-order chi connectivity index (χ0) is 10.2. The summed E-state index contributed by atoms with van der Waals surface area (Å²) in [6, 6.07) is 0. The van der Waals surface area contributed by atoms with Gasteiger partial charge >= 0.3 is 0 Å². The Kier molecular flexibility index (Phi) is 2.50. The highest BCUT2D eigenvalue weighted by molar-refractivity contribution is 5.82. The van der Waals surface area contributed by atoms with E-state index in [9.17, 15) is 4.79 Å². The Morgan fingerprint density at radius 3 is 2.86 bits per heavy atom. The predicted octanol–water partition coefficient (Wildman–Crippen LogP) is 3.49. The lowest BCUT2D eigenvalue weighted by Crippen LogP contribution is -2.29. The second kappa shape index (κ2) is 3.52. The lowest BCUT2D eigenvalue weighted by Gasteiger charge is -2.40. The molecule has 0 N–H and O–H groups in total. The van der Waals surface area contributed by atoms with Crippen LogP contribution in [0.1, 0.15) is 51.9 Å². The van der Waals surface area contributed by atoms with E-state index in [1.54, 1.807) is 0 Å². The van der Waals surface area contributed by atoms with E-state index in [-0.39, 0.29) is 5.41 Å². The predicted molar refractivity (Wildman–Crippen MR) is 58.1 cm³/mol. The van der Waals surface area contributed by atoms with Gasteiger partial charge in [-0.25, -0.2) is 0 Å². The molecule has 1 heteroatoms. The number of Topliss-reactive ketones (excluding diaryl/α,β-unsaturated/α-hetero) is 1. The van der Waals surface area contributed by atoms with Gasteiger partial charge in [0.1, 0.15) is 5.78 Å². The topological polar surface area (TPSA) is 17.1 Å². The van der Waals surface area contributed by atoms with Gasteiger partial charge in [0.25, 0.3) is 0 Å². The molecule has 0 bridgehead atoms. The summed E-state index contributed by atoms with van der Waals surface area (Å²) in [7, 11) is 0. The fourth-order valence-corrected chi connectivity index (χ4v) is 3.33. The number of ketones is 1. The van der Waals surface area contributed by atoms with Crippen LogP contribution in [0, 0.1) is 11.3 Å². The van der Waals surface area contributed by atoms with Crippen LogP contribution >= 0.6 is 0 Å². The van der Waals surface area contributed by atoms with Crippen LogP contribution in [0.4, 0.5) is 0 Å². The largest absolute Gasteiger partial charge is 0.300 e. The molecule has 78 valence electrons. The van der Waals surface area contributed by atoms with Gasteiger partial charge in [-0.05, 0) is 37.0 Å². The molecule has 2 atom stereocenters. The molecular formula is C13H20O. The van der Waals surface area contributed by atoms with Crippen LogP contribution < -0.4 is 0 Å². The SMILES string of the molecule is C=C1C(CC)CCCC12CCC(=O)C2. The quantitative estimate of drug-likeness (QED) is 0.581. The van der Waals surface area contributed by atoms with Crippen molar-refractivity contribution >= 4 is 5.78 Å². The first-order chi connectivity index (χ1) is 6.68. The first kappa shape index (κ1) is 9.95. The second-order valence-corrected chi connectivity index (χ2v) is 5.02. The molecule has 0 aromatic carbocycles. The van der Waals surface area contributed by atoms with E-state index < -0.39 is 0 Å². The third-order valence-electron chi connectivity index (χ3n) is 4.29. The summed E-state index contributed by atoms with van der Waals surface area (Å²) < 4.78 is 0. The number of rotatable bonds is 1. The number of hydrogen-bond donors (Lipinski definition) is 0. The van der Waals surface area contributed by atoms with Crippen molar-refractivity contribution < 1.29 is 4.79 Å². The third kappa shape index (κ3) is 1.43. The maximum Gasteiger partial charge on any atom is 0.133 e. The molecule has 1 spiro atoms. The van der Waals surface area contributed by atoms with E-state index in [1.165, 1.54) is 31.3 Å². The van der Waals surface area contributed by atoms with Crippen molar-refractivity contribution in [3.63, 3.8) is 0 Å². The Morgan fingerprint density at radius 1 is 1.50 bits per heavy atom. The van der Waals surface area contributed by atoms with E-state index in [0.29, 0.717) is 11.7 Å². The van der Waals surface area contributed by atoms with E-state index >= 15 is 0 Å². The van der Waals surface area contributed by atoms with Crippen molar-refractivity contribution in [2.24, 2.45) is 11.3 Å². The first-order valence-electron chi connectivity index (χ1n) is 5.89. The lowest BCUT2D eigenvalue weighted by molar-refractivity contribution is -0.118. The Hall–Kier alpha value is -0.590. The van der Waals surface area contributed by atoms with Gasteiger partial charge in [-0.1, -0.05) is 25.5 Å². The highest BCUT2D eigenvalue weighted by Crippen LogP contribution is 2.52. The minimum Gasteiger partial charge on any atom is -0.300 e. The molecule has 2 rings (SSSR count). The van der Waals surface area contributed by atoms with Crippen LogP contribution in [0.25, 0.3) is 0 Å². The zero-order valence-electron chi connectivity index (χ0n) is 9.14. The maximum absolute atomic E-state index is 11.4. The second-order valence-electron chi connectivity index (χ2n) is 5.02. The van der Waals surface area contributed by atoms with E-state index in [2.05, 4.69) is 13.5 Å². The van der Waals surface area contributed by atoms with E-state index in [4.69, 9.17) is 0 Å². The summed E-state index contributed by atoms with van der Waals surface area (Å²) in [6.07, 6.45) is 7.69. The minimum absolute atomic E-state index is 0.232. The maximum atomic E-state index is 11.4. The Labute approximate surface area is 86.6 Å². The molecular weight excluding hydrogens is 172 g/mol. The molecule has 0 heterocycles. The average Bonchev–Trinajstić information content (AvgIpc) is 2.54. The van der Waals surface area contributed by atoms with Crippen molar-refractivity contribution in [1.82, 2.24) is 0 Å². The summed E-state index contributed by atoms with van der Waals surface area (Å²) in [6.45, 7) is 6.53. The molecule has 0 amide bonds. The monoisotopic (exact) mass is 192 g/mol. The lowest BCUT2D eigenvalue weighted by atomic mass is 9.64. The van der Waals surface area contributed by atoms with E-state index in [0.717, 1.165) is 19.3 Å². The van der Waals surface area contributed by atoms with Crippen molar-refractivity contribution in [3.05, 3.63) is 12.2 Å². The van der Waals surface area contributed by atoms with Crippen molar-refractivity contribution in [1.29, 1.82) is 0 Å². The van der Waals surface area contributed by atoms with Gasteiger partial charge < -0.3 is 0 Å². The molecule has 0 radical (unpaired) electrons. The molecule has 0 saturated heterocycles. The summed E-state index contributed by atoms with van der Waals surface area (Å²) in [5.74, 6) is 1.15. The highest BCUT2D eigenvalue weighted by Gasteiger charge is 2.44. The van der Waals surface area contributed by atoms with Gasteiger partial charge in [-0.15, -0.1) is 0 Å². The van der Waals surface area contributed by atoms with Gasteiger partial charge in [-0.2, -0.15) is 0 Å². The Morgan fingerprint density at radius 2 is 2.29 bits per heavy atom. The molecule has 14 heavy (non-hydrogen) atoms. The summed E-state index contributed by atoms with van der Waals surface area (Å²) in [5.41, 5.74) is 1.63. The Bertz CT molecular complexity index is 266. The normalized spacial score (nSPS) is 38.2. The van der Waals surface area contributed by atoms with Crippen LogP contribution in [0.15, 0.2) is 12.2 Å². The zero-order valence-corrected chi connectivity index (χ0v) is 9.14. The van der Waals surface area contributed by atoms with Gasteiger partial charge in [0.2, 0.25) is 0 Å². The molecule has 2 aliphatic rings. The molecule has 0 aromatic heterocycles. The van der Waals surface area contributed by atoms with Crippen molar-refractivity contribution in [3.8, 4) is 0 Å². The molecule has 2 fully saturated rings. The van der Waals surface area contributed by atoms with Crippen LogP contribution in [-0.2, 0) is 4.79 Å². The first-order valence-corrected chi connectivity index (χ1v) is 5.89. The van der Waals surface area contributed by atoms with Gasteiger partial charge in [-0.3, -0.25) is 4.79 Å².